The number of nitriles is 2. The summed E-state index contributed by atoms with van der Waals surface area (Å²) in [6.07, 6.45) is 8.36. The molecule has 8 aromatic rings. The van der Waals surface area contributed by atoms with E-state index in [1.54, 1.807) is 72.8 Å². The molecule has 4 amide bonds. The van der Waals surface area contributed by atoms with Gasteiger partial charge in [-0.25, -0.2) is 9.59 Å². The van der Waals surface area contributed by atoms with Gasteiger partial charge < -0.3 is 40.9 Å². The normalized spacial score (nSPS) is 15.0. The number of piperidine rings is 4. The zero-order chi connectivity index (χ0) is 78.9. The predicted molar refractivity (Wildman–Crippen MR) is 414 cm³/mol. The number of carboxylic acid groups (broad SMARTS) is 2. The number of carbonyl (C=O) groups excluding carboxylic acids is 6. The molecular formula is C87H96FN9O12. The summed E-state index contributed by atoms with van der Waals surface area (Å²) in [7, 11) is -1.00. The van der Waals surface area contributed by atoms with Crippen LogP contribution in [0.25, 0.3) is 0 Å². The summed E-state index contributed by atoms with van der Waals surface area (Å²) in [5, 5.41) is 53.9. The first-order valence-corrected chi connectivity index (χ1v) is 36.7. The van der Waals surface area contributed by atoms with E-state index in [4.69, 9.17) is 26.8 Å². The lowest BCUT2D eigenvalue weighted by Crippen LogP contribution is -2.44. The molecule has 0 unspecified atom stereocenters. The molecule has 568 valence electrons. The van der Waals surface area contributed by atoms with Crippen molar-refractivity contribution >= 4 is 47.1 Å². The summed E-state index contributed by atoms with van der Waals surface area (Å²) in [6, 6.07) is 61.4. The Balaban J connectivity index is 0.000000195. The van der Waals surface area contributed by atoms with Gasteiger partial charge in [-0.2, -0.15) is 10.5 Å². The molecule has 8 aromatic carbocycles. The number of Topliss-reactive ketones (excluding diaryl/α,β-unsaturated/α-hetero) is 2. The van der Waals surface area contributed by atoms with Crippen LogP contribution in [0.2, 0.25) is 0 Å². The second-order valence-electron chi connectivity index (χ2n) is 27.4. The first-order chi connectivity index (χ1) is 53.1. The van der Waals surface area contributed by atoms with Gasteiger partial charge in [-0.05, 0) is 228 Å². The lowest BCUT2D eigenvalue weighted by Gasteiger charge is -2.32. The first kappa shape index (κ1) is 81.4. The molecule has 4 aliphatic heterocycles. The number of carbonyl (C=O) groups is 8. The number of halogens is 1. The van der Waals surface area contributed by atoms with Gasteiger partial charge in [0.05, 0.1) is 49.5 Å². The van der Waals surface area contributed by atoms with E-state index in [9.17, 15) is 47.9 Å². The Bertz CT molecular complexity index is 4360. The predicted octanol–water partition coefficient (Wildman–Crippen LogP) is 13.3. The van der Waals surface area contributed by atoms with Crippen molar-refractivity contribution in [2.45, 2.75) is 116 Å². The molecular weight excluding hydrogens is 1380 g/mol. The van der Waals surface area contributed by atoms with Crippen molar-refractivity contribution in [2.75, 3.05) is 66.1 Å². The molecule has 21 nitrogen and oxygen atoms in total. The highest BCUT2D eigenvalue weighted by Gasteiger charge is 2.27. The lowest BCUT2D eigenvalue weighted by atomic mass is 9.90. The lowest BCUT2D eigenvalue weighted by molar-refractivity contribution is 0.0683. The smallest absolute Gasteiger partial charge is 0.335 e. The van der Waals surface area contributed by atoms with Crippen molar-refractivity contribution in [1.29, 1.82) is 10.5 Å². The molecule has 4 aliphatic rings. The van der Waals surface area contributed by atoms with Crippen LogP contribution in [0.15, 0.2) is 194 Å². The van der Waals surface area contributed by atoms with Gasteiger partial charge >= 0.3 is 11.9 Å². The molecule has 0 radical (unpaired) electrons. The number of ether oxygens (including phenoxy) is 1. The zero-order valence-corrected chi connectivity index (χ0v) is 61.9. The number of likely N-dealkylation sites (tertiary alicyclic amines) is 4. The largest absolute Gasteiger partial charge is 0.508 e. The second-order valence-corrected chi connectivity index (χ2v) is 27.4. The minimum absolute atomic E-state index is 0.00189. The number of phenols is 1. The molecule has 0 aliphatic carbocycles. The maximum Gasteiger partial charge on any atom is 0.335 e. The van der Waals surface area contributed by atoms with Crippen LogP contribution in [-0.2, 0) is 26.1 Å². The van der Waals surface area contributed by atoms with Crippen LogP contribution >= 0.6 is 0 Å². The summed E-state index contributed by atoms with van der Waals surface area (Å²) in [6.45, 7) is 15.1. The van der Waals surface area contributed by atoms with Gasteiger partial charge in [0.2, 0.25) is 0 Å². The molecule has 0 aromatic heterocycles. The van der Waals surface area contributed by atoms with Gasteiger partial charge in [-0.3, -0.25) is 47.9 Å². The van der Waals surface area contributed by atoms with E-state index >= 15 is 0 Å². The van der Waals surface area contributed by atoms with Crippen molar-refractivity contribution in [2.24, 2.45) is 5.92 Å². The van der Waals surface area contributed by atoms with E-state index in [1.165, 1.54) is 72.5 Å². The third-order valence-corrected chi connectivity index (χ3v) is 19.6. The van der Waals surface area contributed by atoms with Gasteiger partial charge in [0, 0.05) is 123 Å². The molecule has 109 heavy (non-hydrogen) atoms. The minimum Gasteiger partial charge on any atom is -0.508 e. The number of benzene rings is 8. The van der Waals surface area contributed by atoms with E-state index in [0.717, 1.165) is 136 Å². The number of hydrogen-bond acceptors (Lipinski definition) is 15. The Morgan fingerprint density at radius 1 is 0.431 bits per heavy atom. The van der Waals surface area contributed by atoms with Crippen LogP contribution in [0, 0.1) is 28.6 Å². The molecule has 4 saturated heterocycles. The van der Waals surface area contributed by atoms with Crippen LogP contribution in [0.1, 0.15) is 190 Å². The van der Waals surface area contributed by atoms with Crippen LogP contribution in [0.3, 0.4) is 0 Å². The Morgan fingerprint density at radius 2 is 0.725 bits per heavy atom. The number of ketones is 2. The number of nitrogens with one attached hydrogen (secondary N) is 3. The number of aromatic carboxylic acids is 2. The molecule has 0 saturated carbocycles. The summed E-state index contributed by atoms with van der Waals surface area (Å²) < 4.78 is 21.0. The molecule has 0 bridgehead atoms. The Hall–Kier alpha value is -11.7. The van der Waals surface area contributed by atoms with Gasteiger partial charge in [-0.15, -0.1) is 0 Å². The van der Waals surface area contributed by atoms with Crippen LogP contribution in [0.4, 0.5) is 4.39 Å². The highest BCUT2D eigenvalue weighted by molar-refractivity contribution is 6.00. The van der Waals surface area contributed by atoms with Crippen molar-refractivity contribution < 1.29 is 64.2 Å². The first-order valence-electron chi connectivity index (χ1n) is 37.4. The van der Waals surface area contributed by atoms with E-state index in [1.807, 2.05) is 84.6 Å². The number of aromatic hydroxyl groups is 1. The quantitative estimate of drug-likeness (QED) is 0.0364. The van der Waals surface area contributed by atoms with Crippen LogP contribution < -0.4 is 20.7 Å². The number of phenolic OH excluding ortho intramolecular Hbond substituents is 1. The van der Waals surface area contributed by atoms with E-state index in [2.05, 4.69) is 54.9 Å². The van der Waals surface area contributed by atoms with Crippen molar-refractivity contribution in [3.8, 4) is 23.6 Å². The number of rotatable bonds is 21. The fraction of sp³-hybridized carbons (Fsp3) is 0.333. The fourth-order valence-electron chi connectivity index (χ4n) is 13.2. The molecule has 22 heteroatoms. The highest BCUT2D eigenvalue weighted by atomic mass is 19.1. The summed E-state index contributed by atoms with van der Waals surface area (Å²) >= 11 is 0. The average molecular weight is 1480 g/mol. The maximum atomic E-state index is 13.1. The summed E-state index contributed by atoms with van der Waals surface area (Å²) in [4.78, 5) is 103. The Labute approximate surface area is 638 Å². The van der Waals surface area contributed by atoms with Gasteiger partial charge in [0.15, 0.2) is 11.6 Å². The monoisotopic (exact) mass is 1480 g/mol. The van der Waals surface area contributed by atoms with E-state index in [-0.39, 0.29) is 70.2 Å². The SMILES string of the molecule is CC(=O)c1ccc(C(=O)NC2CCN(Cc3ccc(O)cc3)CC2)cc1.CC(=O)c1ccc(C(=O)O)cc1.CCOc1ccc(CC2CCN(C(=O)c3ccc(C(=O)NC4CCN(Cc5ccc(C#N)cc5)CC4)cc3)CC2)cc1.N#Cc1ccc(CN2CCC(NC(=O)c3ccc(C(=O)O)cc3)CC2)cc1.[2H]CF. The van der Waals surface area contributed by atoms with Gasteiger partial charge in [-0.1, -0.05) is 72.8 Å². The summed E-state index contributed by atoms with van der Waals surface area (Å²) in [5.74, 6) is -0.595. The topological polar surface area (TPSA) is 303 Å². The zero-order valence-electron chi connectivity index (χ0n) is 62.9. The molecule has 4 fully saturated rings. The maximum absolute atomic E-state index is 13.1. The van der Waals surface area contributed by atoms with Gasteiger partial charge in [0.1, 0.15) is 11.5 Å². The number of nitrogens with zero attached hydrogens (tertiary/aromatic N) is 6. The second kappa shape index (κ2) is 42.6. The molecule has 6 N–H and O–H groups in total. The Kier molecular flexibility index (Phi) is 31.8. The van der Waals surface area contributed by atoms with E-state index < -0.39 is 19.1 Å². The van der Waals surface area contributed by atoms with Gasteiger partial charge in [0.25, 0.3) is 23.6 Å². The molecule has 0 atom stereocenters. The number of hydrogen-bond donors (Lipinski definition) is 6. The minimum atomic E-state index is -1.00. The van der Waals surface area contributed by atoms with Crippen LogP contribution in [-0.4, -0.2) is 166 Å². The average Bonchev–Trinajstić information content (AvgIpc) is 0.844. The third-order valence-electron chi connectivity index (χ3n) is 19.6. The fourth-order valence-corrected chi connectivity index (χ4v) is 13.2. The molecule has 12 rings (SSSR count). The Morgan fingerprint density at radius 3 is 1.03 bits per heavy atom. The van der Waals surface area contributed by atoms with E-state index in [0.29, 0.717) is 57.0 Å². The van der Waals surface area contributed by atoms with Crippen molar-refractivity contribution in [3.63, 3.8) is 0 Å². The van der Waals surface area contributed by atoms with Crippen molar-refractivity contribution in [3.05, 3.63) is 272 Å². The number of carboxylic acids is 2. The third kappa shape index (κ3) is 26.6. The number of alkyl halides is 1. The highest BCUT2D eigenvalue weighted by Crippen LogP contribution is 2.26. The standard InChI is InChI=1S/C35H40N4O3.C21H21N3O3.C21H24N2O3.C9H8O3.CH3F/c1-2-42-33-13-7-26(8-14-33)23-27-15-21-39(22-16-27)35(41)31-11-9-30(10-12-31)34(40)37-32-17-19-38(20-18-32)25-29-5-3-28(24-36)4-6-29;22-13-15-1-3-16(4-2-15)14-24-11-9-19(10-12-24)23-20(25)17-5-7-18(8-6-17)21(26)27;1-15(24)17-4-6-18(7-5-17)21(26)22-19-10-12-23(13-11-19)14-16-2-8-20(25)9-3-16;1-6(10)7-2-4-8(5-3-7)9(11)12;1-2/h3-14,27,32H,2,15-23,25H2,1H3,(H,37,40);1-8,19H,9-12,14H2,(H,23,25)(H,26,27);2-9,19,25H,10-14H2,1H3,(H,22,26);2-5H,1H3,(H,11,12);1H3/i;;;;1D. The molecule has 0 spiro atoms. The molecule has 4 heterocycles. The van der Waals surface area contributed by atoms with Crippen molar-refractivity contribution in [1.82, 2.24) is 35.6 Å². The summed E-state index contributed by atoms with van der Waals surface area (Å²) in [5.41, 5.74) is 9.98. The van der Waals surface area contributed by atoms with Crippen LogP contribution in [0.5, 0.6) is 11.5 Å². The number of amides is 4.